The molecule has 0 aromatic heterocycles. The van der Waals surface area contributed by atoms with Gasteiger partial charge in [-0.1, -0.05) is 43.9 Å². The number of nitrogens with one attached hydrogen (secondary N) is 2. The van der Waals surface area contributed by atoms with Gasteiger partial charge in [0.05, 0.1) is 0 Å². The van der Waals surface area contributed by atoms with Crippen LogP contribution in [0.25, 0.3) is 0 Å². The third-order valence-corrected chi connectivity index (χ3v) is 4.60. The second-order valence-corrected chi connectivity index (χ2v) is 6.05. The molecule has 0 bridgehead atoms. The third-order valence-electron chi connectivity index (χ3n) is 4.60. The molecule has 19 heavy (non-hydrogen) atoms. The van der Waals surface area contributed by atoms with E-state index >= 15 is 0 Å². The summed E-state index contributed by atoms with van der Waals surface area (Å²) in [5, 5.41) is 7.38. The van der Waals surface area contributed by atoms with Crippen molar-refractivity contribution in [2.24, 2.45) is 0 Å². The molecular formula is C17H26N2. The summed E-state index contributed by atoms with van der Waals surface area (Å²) in [4.78, 5) is 0. The second-order valence-electron chi connectivity index (χ2n) is 6.05. The van der Waals surface area contributed by atoms with E-state index in [1.807, 2.05) is 0 Å². The van der Waals surface area contributed by atoms with Gasteiger partial charge in [0.1, 0.15) is 0 Å². The summed E-state index contributed by atoms with van der Waals surface area (Å²) in [6.07, 6.45) is 10.9. The molecule has 2 heteroatoms. The quantitative estimate of drug-likeness (QED) is 0.805. The molecule has 0 atom stereocenters. The highest BCUT2D eigenvalue weighted by Crippen LogP contribution is 2.26. The Kier molecular flexibility index (Phi) is 4.39. The van der Waals surface area contributed by atoms with Gasteiger partial charge in [-0.25, -0.2) is 0 Å². The van der Waals surface area contributed by atoms with Gasteiger partial charge in [0, 0.05) is 24.8 Å². The first-order chi connectivity index (χ1) is 9.43. The lowest BCUT2D eigenvalue weighted by molar-refractivity contribution is 0.459. The largest absolute Gasteiger partial charge is 0.385 e. The smallest absolute Gasteiger partial charge is 0.0418 e. The molecule has 1 aliphatic heterocycles. The number of fused-ring (bicyclic) bond motifs is 1. The highest BCUT2D eigenvalue weighted by Gasteiger charge is 2.15. The van der Waals surface area contributed by atoms with Gasteiger partial charge in [0.25, 0.3) is 0 Å². The minimum absolute atomic E-state index is 0.738. The molecule has 0 spiro atoms. The highest BCUT2D eigenvalue weighted by molar-refractivity contribution is 5.59. The van der Waals surface area contributed by atoms with Gasteiger partial charge in [0.15, 0.2) is 0 Å². The maximum Gasteiger partial charge on any atom is 0.0418 e. The highest BCUT2D eigenvalue weighted by atomic mass is 14.9. The van der Waals surface area contributed by atoms with Crippen LogP contribution in [0.5, 0.6) is 0 Å². The Morgan fingerprint density at radius 1 is 1.05 bits per heavy atom. The summed E-state index contributed by atoms with van der Waals surface area (Å²) in [5.41, 5.74) is 4.38. The molecule has 1 heterocycles. The Labute approximate surface area is 117 Å². The Balaban J connectivity index is 1.63. The zero-order valence-corrected chi connectivity index (χ0v) is 11.9. The van der Waals surface area contributed by atoms with E-state index in [0.29, 0.717) is 0 Å². The van der Waals surface area contributed by atoms with Crippen LogP contribution < -0.4 is 10.6 Å². The van der Waals surface area contributed by atoms with E-state index < -0.39 is 0 Å². The Hall–Kier alpha value is -1.02. The van der Waals surface area contributed by atoms with Crippen LogP contribution in [0, 0.1) is 0 Å². The van der Waals surface area contributed by atoms with Crippen LogP contribution in [0.3, 0.4) is 0 Å². The molecular weight excluding hydrogens is 232 g/mol. The minimum atomic E-state index is 0.738. The van der Waals surface area contributed by atoms with Crippen molar-refractivity contribution >= 4 is 5.69 Å². The summed E-state index contributed by atoms with van der Waals surface area (Å²) in [6, 6.07) is 7.51. The Morgan fingerprint density at radius 3 is 2.74 bits per heavy atom. The van der Waals surface area contributed by atoms with Crippen LogP contribution in [0.4, 0.5) is 5.69 Å². The summed E-state index contributed by atoms with van der Waals surface area (Å²) < 4.78 is 0. The predicted molar refractivity (Wildman–Crippen MR) is 81.6 cm³/mol. The van der Waals surface area contributed by atoms with Crippen molar-refractivity contribution in [1.82, 2.24) is 5.32 Å². The van der Waals surface area contributed by atoms with Gasteiger partial charge in [-0.05, 0) is 36.8 Å². The summed E-state index contributed by atoms with van der Waals surface area (Å²) >= 11 is 0. The first-order valence-corrected chi connectivity index (χ1v) is 8.01. The Morgan fingerprint density at radius 2 is 1.89 bits per heavy atom. The van der Waals surface area contributed by atoms with Crippen molar-refractivity contribution in [2.45, 2.75) is 64.0 Å². The standard InChI is InChI=1S/C17H26N2/c1-2-4-11-16(10-3-1)19-13-15-8-5-7-14-9-6-12-18-17(14)15/h5,7-8,16,18-19H,1-4,6,9-13H2. The average Bonchev–Trinajstić information content (AvgIpc) is 2.74. The molecule has 2 aliphatic rings. The number of anilines is 1. The molecule has 0 radical (unpaired) electrons. The second kappa shape index (κ2) is 6.42. The molecule has 1 aromatic rings. The summed E-state index contributed by atoms with van der Waals surface area (Å²) in [6.45, 7) is 2.16. The van der Waals surface area contributed by atoms with E-state index in [-0.39, 0.29) is 0 Å². The number of hydrogen-bond donors (Lipinski definition) is 2. The van der Waals surface area contributed by atoms with Gasteiger partial charge < -0.3 is 10.6 Å². The van der Waals surface area contributed by atoms with Crippen molar-refractivity contribution < 1.29 is 0 Å². The van der Waals surface area contributed by atoms with E-state index in [9.17, 15) is 0 Å². The van der Waals surface area contributed by atoms with E-state index in [1.165, 1.54) is 68.2 Å². The van der Waals surface area contributed by atoms with E-state index in [1.54, 1.807) is 0 Å². The zero-order valence-electron chi connectivity index (χ0n) is 11.9. The van der Waals surface area contributed by atoms with Crippen molar-refractivity contribution in [3.63, 3.8) is 0 Å². The maximum absolute atomic E-state index is 3.79. The number of rotatable bonds is 3. The predicted octanol–water partition coefficient (Wildman–Crippen LogP) is 3.86. The fourth-order valence-corrected chi connectivity index (χ4v) is 3.47. The normalized spacial score (nSPS) is 20.4. The summed E-state index contributed by atoms with van der Waals surface area (Å²) in [5.74, 6) is 0. The van der Waals surface area contributed by atoms with Crippen molar-refractivity contribution in [3.05, 3.63) is 29.3 Å². The molecule has 1 aliphatic carbocycles. The molecule has 2 N–H and O–H groups in total. The van der Waals surface area contributed by atoms with E-state index in [2.05, 4.69) is 28.8 Å². The number of aryl methyl sites for hydroxylation is 1. The lowest BCUT2D eigenvalue weighted by Crippen LogP contribution is -2.28. The van der Waals surface area contributed by atoms with E-state index in [0.717, 1.165) is 19.1 Å². The van der Waals surface area contributed by atoms with Crippen LogP contribution in [0.2, 0.25) is 0 Å². The van der Waals surface area contributed by atoms with Gasteiger partial charge in [0.2, 0.25) is 0 Å². The average molecular weight is 258 g/mol. The van der Waals surface area contributed by atoms with Crippen molar-refractivity contribution in [3.8, 4) is 0 Å². The van der Waals surface area contributed by atoms with Gasteiger partial charge in [-0.3, -0.25) is 0 Å². The molecule has 0 amide bonds. The SMILES string of the molecule is c1cc2c(c(CNC3CCCCCC3)c1)NCCC2. The lowest BCUT2D eigenvalue weighted by atomic mass is 9.99. The van der Waals surface area contributed by atoms with Crippen LogP contribution in [0.15, 0.2) is 18.2 Å². The molecule has 0 saturated heterocycles. The van der Waals surface area contributed by atoms with Crippen LogP contribution in [-0.2, 0) is 13.0 Å². The molecule has 1 aromatic carbocycles. The fourth-order valence-electron chi connectivity index (χ4n) is 3.47. The van der Waals surface area contributed by atoms with Gasteiger partial charge in [-0.2, -0.15) is 0 Å². The molecule has 104 valence electrons. The number of hydrogen-bond acceptors (Lipinski definition) is 2. The number of benzene rings is 1. The first kappa shape index (κ1) is 13.0. The first-order valence-electron chi connectivity index (χ1n) is 8.01. The molecule has 0 unspecified atom stereocenters. The molecule has 2 nitrogen and oxygen atoms in total. The zero-order chi connectivity index (χ0) is 12.9. The van der Waals surface area contributed by atoms with Crippen molar-refractivity contribution in [2.75, 3.05) is 11.9 Å². The van der Waals surface area contributed by atoms with Crippen LogP contribution >= 0.6 is 0 Å². The summed E-state index contributed by atoms with van der Waals surface area (Å²) in [7, 11) is 0. The maximum atomic E-state index is 3.79. The van der Waals surface area contributed by atoms with Crippen molar-refractivity contribution in [1.29, 1.82) is 0 Å². The topological polar surface area (TPSA) is 24.1 Å². The lowest BCUT2D eigenvalue weighted by Gasteiger charge is -2.23. The van der Waals surface area contributed by atoms with Gasteiger partial charge in [-0.15, -0.1) is 0 Å². The molecule has 1 fully saturated rings. The third kappa shape index (κ3) is 3.30. The molecule has 3 rings (SSSR count). The number of para-hydroxylation sites is 1. The molecule has 1 saturated carbocycles. The fraction of sp³-hybridized carbons (Fsp3) is 0.647. The minimum Gasteiger partial charge on any atom is -0.385 e. The van der Waals surface area contributed by atoms with Crippen LogP contribution in [0.1, 0.15) is 56.1 Å². The Bertz CT molecular complexity index is 406. The van der Waals surface area contributed by atoms with E-state index in [4.69, 9.17) is 0 Å². The van der Waals surface area contributed by atoms with Crippen LogP contribution in [-0.4, -0.2) is 12.6 Å². The monoisotopic (exact) mass is 258 g/mol. The van der Waals surface area contributed by atoms with Gasteiger partial charge >= 0.3 is 0 Å².